The van der Waals surface area contributed by atoms with E-state index in [4.69, 9.17) is 9.05 Å². The second-order valence-electron chi connectivity index (χ2n) is 17.8. The fourth-order valence-electron chi connectivity index (χ4n) is 6.71. The van der Waals surface area contributed by atoms with Crippen molar-refractivity contribution in [2.24, 2.45) is 0 Å². The monoisotopic (exact) mass is 888 g/mol. The lowest BCUT2D eigenvalue weighted by Gasteiger charge is -2.25. The lowest BCUT2D eigenvalue weighted by Crippen LogP contribution is -2.45. The van der Waals surface area contributed by atoms with Crippen LogP contribution in [-0.4, -0.2) is 73.4 Å². The van der Waals surface area contributed by atoms with Gasteiger partial charge in [-0.25, -0.2) is 4.57 Å². The van der Waals surface area contributed by atoms with E-state index in [2.05, 4.69) is 79.9 Å². The summed E-state index contributed by atoms with van der Waals surface area (Å²) in [5.41, 5.74) is 0. The fourth-order valence-corrected chi connectivity index (χ4v) is 7.45. The highest BCUT2D eigenvalue weighted by atomic mass is 31.2. The zero-order chi connectivity index (χ0) is 45.7. The number of phosphoric acid groups is 1. The first-order chi connectivity index (χ1) is 30.0. The van der Waals surface area contributed by atoms with Gasteiger partial charge >= 0.3 is 7.82 Å². The number of aliphatic hydroxyl groups is 1. The minimum atomic E-state index is -4.38. The van der Waals surface area contributed by atoms with E-state index < -0.39 is 20.0 Å². The van der Waals surface area contributed by atoms with Gasteiger partial charge in [-0.15, -0.1) is 0 Å². The van der Waals surface area contributed by atoms with Crippen LogP contribution in [0.5, 0.6) is 0 Å². The van der Waals surface area contributed by atoms with E-state index in [1.807, 2.05) is 33.3 Å². The number of carbonyl (C=O) groups is 1. The Kier molecular flexibility index (Phi) is 42.3. The van der Waals surface area contributed by atoms with Crippen LogP contribution >= 0.6 is 7.82 Å². The van der Waals surface area contributed by atoms with Crippen LogP contribution in [-0.2, 0) is 18.4 Å². The van der Waals surface area contributed by atoms with Gasteiger partial charge in [-0.05, 0) is 57.8 Å². The number of phosphoric ester groups is 1. The Labute approximate surface area is 382 Å². The molecule has 0 aromatic heterocycles. The van der Waals surface area contributed by atoms with Crippen molar-refractivity contribution < 1.29 is 32.9 Å². The molecule has 0 saturated carbocycles. The second-order valence-corrected chi connectivity index (χ2v) is 19.3. The molecule has 0 bridgehead atoms. The zero-order valence-electron chi connectivity index (χ0n) is 40.6. The van der Waals surface area contributed by atoms with Gasteiger partial charge in [-0.2, -0.15) is 0 Å². The van der Waals surface area contributed by atoms with Gasteiger partial charge < -0.3 is 19.8 Å². The predicted octanol–water partition coefficient (Wildman–Crippen LogP) is 14.5. The number of carbonyl (C=O) groups excluding carboxylic acids is 1. The first kappa shape index (κ1) is 59.7. The molecule has 0 aliphatic carbocycles. The summed E-state index contributed by atoms with van der Waals surface area (Å²) in [5.74, 6) is -0.316. The highest BCUT2D eigenvalue weighted by Crippen LogP contribution is 2.43. The molecule has 3 atom stereocenters. The molecule has 1 amide bonds. The molecule has 0 saturated heterocycles. The SMILES string of the molecule is CC/C=C\C/C=C\C/C=C\C/C=C\C/C=C\CC(=O)NC(COP(=O)(O)OCC[N+](C)(C)C)C(O)/C=C/CC/C=C/CCCCCCCCCCCCCCCCCCCCC. The van der Waals surface area contributed by atoms with Gasteiger partial charge in [0.25, 0.3) is 0 Å². The Morgan fingerprint density at radius 2 is 0.984 bits per heavy atom. The minimum absolute atomic E-state index is 0.0356. The number of quaternary nitrogens is 1. The first-order valence-electron chi connectivity index (χ1n) is 25.0. The predicted molar refractivity (Wildman–Crippen MR) is 267 cm³/mol. The van der Waals surface area contributed by atoms with E-state index in [0.29, 0.717) is 17.4 Å². The highest BCUT2D eigenvalue weighted by Gasteiger charge is 2.27. The van der Waals surface area contributed by atoms with Crippen LogP contribution in [0.1, 0.15) is 194 Å². The number of rotatable bonds is 44. The molecule has 3 N–H and O–H groups in total. The molecule has 0 radical (unpaired) electrons. The van der Waals surface area contributed by atoms with Gasteiger partial charge in [-0.3, -0.25) is 13.8 Å². The average Bonchev–Trinajstić information content (AvgIpc) is 3.23. The molecule has 0 spiro atoms. The van der Waals surface area contributed by atoms with Gasteiger partial charge in [0.1, 0.15) is 13.2 Å². The summed E-state index contributed by atoms with van der Waals surface area (Å²) in [6.07, 6.45) is 61.4. The number of hydrogen-bond donors (Lipinski definition) is 3. The van der Waals surface area contributed by atoms with E-state index >= 15 is 0 Å². The second kappa shape index (κ2) is 43.9. The fraction of sp³-hybridized carbons (Fsp3) is 0.717. The molecule has 8 nitrogen and oxygen atoms in total. The Hall–Kier alpha value is -2.32. The molecule has 0 aliphatic rings. The summed E-state index contributed by atoms with van der Waals surface area (Å²) in [7, 11) is 1.49. The van der Waals surface area contributed by atoms with Crippen molar-refractivity contribution in [3.63, 3.8) is 0 Å². The number of unbranched alkanes of at least 4 members (excludes halogenated alkanes) is 20. The van der Waals surface area contributed by atoms with E-state index in [1.165, 1.54) is 122 Å². The van der Waals surface area contributed by atoms with E-state index in [9.17, 15) is 19.4 Å². The first-order valence-corrected chi connectivity index (χ1v) is 26.5. The lowest BCUT2D eigenvalue weighted by atomic mass is 10.0. The molecule has 62 heavy (non-hydrogen) atoms. The highest BCUT2D eigenvalue weighted by molar-refractivity contribution is 7.47. The number of aliphatic hydroxyl groups excluding tert-OH is 1. The molecular weight excluding hydrogens is 792 g/mol. The number of likely N-dealkylation sites (N-methyl/N-ethyl adjacent to an activating group) is 1. The summed E-state index contributed by atoms with van der Waals surface area (Å²) >= 11 is 0. The molecule has 358 valence electrons. The Bertz CT molecular complexity index is 1280. The molecule has 0 aromatic carbocycles. The van der Waals surface area contributed by atoms with Crippen LogP contribution in [0.2, 0.25) is 0 Å². The van der Waals surface area contributed by atoms with Crippen LogP contribution in [0.15, 0.2) is 85.1 Å². The maximum absolute atomic E-state index is 12.8. The van der Waals surface area contributed by atoms with Crippen LogP contribution in [0, 0.1) is 0 Å². The van der Waals surface area contributed by atoms with Gasteiger partial charge in [-0.1, -0.05) is 214 Å². The normalized spacial score (nSPS) is 14.9. The molecule has 0 fully saturated rings. The number of allylic oxidation sites excluding steroid dienone is 12. The van der Waals surface area contributed by atoms with Crippen molar-refractivity contribution in [2.75, 3.05) is 40.9 Å². The third-order valence-electron chi connectivity index (χ3n) is 10.6. The molecular formula is C53H96N2O6P+. The largest absolute Gasteiger partial charge is 0.472 e. The Balaban J connectivity index is 4.43. The average molecular weight is 888 g/mol. The third kappa shape index (κ3) is 45.7. The summed E-state index contributed by atoms with van der Waals surface area (Å²) in [6, 6.07) is -0.922. The van der Waals surface area contributed by atoms with Gasteiger partial charge in [0.05, 0.1) is 39.9 Å². The summed E-state index contributed by atoms with van der Waals surface area (Å²) in [4.78, 5) is 23.1. The van der Waals surface area contributed by atoms with Crippen molar-refractivity contribution in [3.8, 4) is 0 Å². The van der Waals surface area contributed by atoms with Crippen molar-refractivity contribution in [1.29, 1.82) is 0 Å². The quantitative estimate of drug-likeness (QED) is 0.0244. The van der Waals surface area contributed by atoms with Gasteiger partial charge in [0.15, 0.2) is 0 Å². The number of nitrogens with zero attached hydrogens (tertiary/aromatic N) is 1. The maximum atomic E-state index is 12.8. The Morgan fingerprint density at radius 3 is 1.45 bits per heavy atom. The van der Waals surface area contributed by atoms with Gasteiger partial charge in [0.2, 0.25) is 5.91 Å². The van der Waals surface area contributed by atoms with E-state index in [1.54, 1.807) is 12.2 Å². The minimum Gasteiger partial charge on any atom is -0.387 e. The molecule has 0 rings (SSSR count). The summed E-state index contributed by atoms with van der Waals surface area (Å²) in [6.45, 7) is 4.60. The molecule has 0 aromatic rings. The molecule has 9 heteroatoms. The summed E-state index contributed by atoms with van der Waals surface area (Å²) in [5, 5.41) is 13.8. The van der Waals surface area contributed by atoms with Crippen molar-refractivity contribution >= 4 is 13.7 Å². The summed E-state index contributed by atoms with van der Waals surface area (Å²) < 4.78 is 23.5. The van der Waals surface area contributed by atoms with E-state index in [-0.39, 0.29) is 25.5 Å². The lowest BCUT2D eigenvalue weighted by molar-refractivity contribution is -0.870. The molecule has 3 unspecified atom stereocenters. The number of hydrogen-bond acceptors (Lipinski definition) is 5. The van der Waals surface area contributed by atoms with Crippen LogP contribution < -0.4 is 5.32 Å². The zero-order valence-corrected chi connectivity index (χ0v) is 41.5. The number of amides is 1. The van der Waals surface area contributed by atoms with Crippen molar-refractivity contribution in [1.82, 2.24) is 5.32 Å². The van der Waals surface area contributed by atoms with Crippen LogP contribution in [0.25, 0.3) is 0 Å². The maximum Gasteiger partial charge on any atom is 0.472 e. The number of nitrogens with one attached hydrogen (secondary N) is 1. The molecule has 0 heterocycles. The Morgan fingerprint density at radius 1 is 0.565 bits per heavy atom. The molecule has 0 aliphatic heterocycles. The van der Waals surface area contributed by atoms with Crippen molar-refractivity contribution in [2.45, 2.75) is 206 Å². The van der Waals surface area contributed by atoms with Crippen LogP contribution in [0.4, 0.5) is 0 Å². The standard InChI is InChI=1S/C53H95N2O6P/c1-6-8-10-12-14-16-18-20-22-23-24-25-26-27-28-29-30-31-33-34-36-38-40-42-44-46-52(56)51(50-61-62(58,59)60-49-48-55(3,4)5)54-53(57)47-45-43-41-39-37-35-32-21-19-17-15-13-11-9-7-2/h9,11,15,17,21,32,36-39,43-46,51-52,56H,6-8,10,12-14,16,18-20,22-31,33-35,40-42,47-50H2,1-5H3,(H-,54,57,58,59)/p+1/b11-9-,17-15-,32-21-,38-36+,39-37-,45-43-,46-44+. The smallest absolute Gasteiger partial charge is 0.387 e. The topological polar surface area (TPSA) is 105 Å². The third-order valence-corrected chi connectivity index (χ3v) is 11.6. The van der Waals surface area contributed by atoms with Gasteiger partial charge in [0, 0.05) is 6.42 Å². The van der Waals surface area contributed by atoms with Crippen molar-refractivity contribution in [3.05, 3.63) is 85.1 Å². The van der Waals surface area contributed by atoms with Crippen LogP contribution in [0.3, 0.4) is 0 Å². The van der Waals surface area contributed by atoms with E-state index in [0.717, 1.165) is 44.9 Å².